The van der Waals surface area contributed by atoms with E-state index in [1.54, 1.807) is 6.07 Å². The molecule has 0 unspecified atom stereocenters. The lowest BCUT2D eigenvalue weighted by molar-refractivity contribution is -0.384. The number of carbonyl (C=O) groups is 1. The Bertz CT molecular complexity index is 3720. The molecular weight excluding hydrogens is 1150 g/mol. The van der Waals surface area contributed by atoms with Crippen LogP contribution in [0.2, 0.25) is 0 Å². The summed E-state index contributed by atoms with van der Waals surface area (Å²) in [6, 6.07) is 24.3. The number of aliphatic hydroxyl groups is 1. The Morgan fingerprint density at radius 1 is 0.865 bits per heavy atom. The van der Waals surface area contributed by atoms with Crippen molar-refractivity contribution < 1.29 is 46.9 Å². The summed E-state index contributed by atoms with van der Waals surface area (Å²) in [4.78, 5) is 51.5. The van der Waals surface area contributed by atoms with Crippen LogP contribution in [0.4, 0.5) is 34.3 Å². The van der Waals surface area contributed by atoms with Gasteiger partial charge < -0.3 is 53.8 Å². The Hall–Kier alpha value is -7.28. The average molecular weight is 1240 g/mol. The van der Waals surface area contributed by atoms with Crippen LogP contribution in [0.3, 0.4) is 0 Å². The van der Waals surface area contributed by atoms with Gasteiger partial charge in [0.25, 0.3) is 21.6 Å². The van der Waals surface area contributed by atoms with Crippen molar-refractivity contribution in [1.29, 1.82) is 0 Å². The van der Waals surface area contributed by atoms with E-state index in [1.807, 2.05) is 43.6 Å². The van der Waals surface area contributed by atoms with Crippen LogP contribution in [-0.2, 0) is 19.5 Å². The number of nitro groups is 1. The second-order valence-corrected chi connectivity index (χ2v) is 28.1. The third-order valence-electron chi connectivity index (χ3n) is 20.3. The van der Waals surface area contributed by atoms with Crippen LogP contribution in [0, 0.1) is 21.4 Å². The van der Waals surface area contributed by atoms with Gasteiger partial charge in [0.2, 0.25) is 5.88 Å². The predicted octanol–water partition coefficient (Wildman–Crippen LogP) is 9.28. The lowest BCUT2D eigenvalue weighted by Gasteiger charge is -2.59. The number of nitrogens with one attached hydrogen (secondary N) is 3. The summed E-state index contributed by atoms with van der Waals surface area (Å²) >= 11 is 0. The third-order valence-corrected chi connectivity index (χ3v) is 21.6. The van der Waals surface area contributed by atoms with Crippen molar-refractivity contribution in [2.45, 2.75) is 132 Å². The summed E-state index contributed by atoms with van der Waals surface area (Å²) in [6.07, 6.45) is 11.7. The number of aromatic nitrogens is 3. The number of pyridine rings is 2. The van der Waals surface area contributed by atoms with Gasteiger partial charge in [-0.15, -0.1) is 0 Å². The van der Waals surface area contributed by atoms with Gasteiger partial charge in [0.15, 0.2) is 11.6 Å². The molecule has 6 aromatic rings. The maximum Gasteiger partial charge on any atom is 0.293 e. The number of anilines is 5. The molecule has 1 amide bonds. The molecule has 1 spiro atoms. The van der Waals surface area contributed by atoms with Gasteiger partial charge in [-0.25, -0.2) is 18.1 Å². The van der Waals surface area contributed by atoms with E-state index in [1.165, 1.54) is 23.3 Å². The third kappa shape index (κ3) is 11.8. The van der Waals surface area contributed by atoms with E-state index in [0.29, 0.717) is 81.2 Å². The van der Waals surface area contributed by atoms with E-state index in [0.717, 1.165) is 125 Å². The molecule has 23 heteroatoms. The van der Waals surface area contributed by atoms with E-state index in [-0.39, 0.29) is 53.4 Å². The zero-order chi connectivity index (χ0) is 61.2. The molecular formula is C66H81N11O11S. The molecule has 3 aromatic carbocycles. The summed E-state index contributed by atoms with van der Waals surface area (Å²) < 4.78 is 62.3. The second kappa shape index (κ2) is 24.2. The number of rotatable bonds is 15. The Morgan fingerprint density at radius 3 is 2.47 bits per heavy atom. The summed E-state index contributed by atoms with van der Waals surface area (Å²) in [7, 11) is -4.66. The fourth-order valence-corrected chi connectivity index (χ4v) is 16.4. The lowest BCUT2D eigenvalue weighted by atomic mass is 9.59. The van der Waals surface area contributed by atoms with Crippen LogP contribution < -0.4 is 38.9 Å². The molecule has 6 aliphatic heterocycles. The predicted molar refractivity (Wildman–Crippen MR) is 337 cm³/mol. The van der Waals surface area contributed by atoms with Crippen LogP contribution in [0.25, 0.3) is 11.0 Å². The Balaban J connectivity index is 0.719. The first kappa shape index (κ1) is 59.3. The van der Waals surface area contributed by atoms with Crippen LogP contribution in [0.15, 0.2) is 96.2 Å². The van der Waals surface area contributed by atoms with Crippen molar-refractivity contribution in [2.75, 3.05) is 105 Å². The number of hydrogen-bond acceptors (Lipinski definition) is 19. The fraction of sp³-hybridized carbons (Fsp3) is 0.530. The minimum Gasteiger partial charge on any atom is -0.491 e. The molecule has 3 aromatic heterocycles. The van der Waals surface area contributed by atoms with Crippen LogP contribution in [-0.4, -0.2) is 164 Å². The van der Waals surface area contributed by atoms with Crippen molar-refractivity contribution in [3.05, 3.63) is 118 Å². The van der Waals surface area contributed by atoms with Gasteiger partial charge in [-0.1, -0.05) is 18.2 Å². The van der Waals surface area contributed by atoms with Gasteiger partial charge in [0.1, 0.15) is 28.9 Å². The zero-order valence-corrected chi connectivity index (χ0v) is 51.8. The highest BCUT2D eigenvalue weighted by Gasteiger charge is 2.51. The number of benzene rings is 3. The summed E-state index contributed by atoms with van der Waals surface area (Å²) in [5.41, 5.74) is 4.36. The lowest BCUT2D eigenvalue weighted by Crippen LogP contribution is -2.60. The minimum absolute atomic E-state index is 0.0234. The highest BCUT2D eigenvalue weighted by Crippen LogP contribution is 2.55. The maximum atomic E-state index is 14.9. The minimum atomic E-state index is -4.66. The summed E-state index contributed by atoms with van der Waals surface area (Å²) in [5.74, 6) is 2.41. The van der Waals surface area contributed by atoms with E-state index in [9.17, 15) is 28.4 Å². The smallest absolute Gasteiger partial charge is 0.293 e. The second-order valence-electron chi connectivity index (χ2n) is 26.4. The number of sulfonamides is 1. The SMILES string of the molecule is CC(C)Oc1ccccc1[C@H]1CN([C@H]2CCOc3c2ccnc3N2CCOCC2)CCN1C1CC2(CCN(c3ccc(C(=O)NS(=O)(=O)c4ccc(NC[C@H]5CC[C@](C)(O)CC5)c([N+](=O)[O-])c4)c(N4c5cc6cc[nH]c6nc5O[C@H]5COCC[C@@H]54)c3)CC2)C1. The Kier molecular flexibility index (Phi) is 16.1. The number of fused-ring (bicyclic) bond motifs is 4. The molecule has 2 saturated carbocycles. The molecule has 14 rings (SSSR count). The van der Waals surface area contributed by atoms with E-state index in [2.05, 4.69) is 83.7 Å². The zero-order valence-electron chi connectivity index (χ0n) is 51.0. The molecule has 22 nitrogen and oxygen atoms in total. The number of ether oxygens (including phenoxy) is 5. The van der Waals surface area contributed by atoms with E-state index in [4.69, 9.17) is 33.7 Å². The Morgan fingerprint density at radius 2 is 1.67 bits per heavy atom. The summed E-state index contributed by atoms with van der Waals surface area (Å²) in [5, 5.41) is 27.0. The first-order chi connectivity index (χ1) is 43.1. The number of carbonyl (C=O) groups excluding carboxylic acids is 1. The number of morpholine rings is 1. The van der Waals surface area contributed by atoms with Crippen LogP contribution in [0.5, 0.6) is 17.4 Å². The highest BCUT2D eigenvalue weighted by atomic mass is 32.2. The molecule has 4 N–H and O–H groups in total. The molecule has 4 saturated heterocycles. The average Bonchev–Trinajstić information content (AvgIpc) is 1.37. The van der Waals surface area contributed by atoms with Crippen LogP contribution >= 0.6 is 0 Å². The van der Waals surface area contributed by atoms with Gasteiger partial charge in [-0.3, -0.25) is 24.7 Å². The molecule has 89 heavy (non-hydrogen) atoms. The van der Waals surface area contributed by atoms with Crippen molar-refractivity contribution in [3.63, 3.8) is 0 Å². The molecule has 2 aliphatic carbocycles. The Labute approximate surface area is 519 Å². The first-order valence-electron chi connectivity index (χ1n) is 32.0. The van der Waals surface area contributed by atoms with Crippen molar-refractivity contribution in [2.24, 2.45) is 11.3 Å². The van der Waals surface area contributed by atoms with E-state index >= 15 is 0 Å². The molecule has 8 aliphatic rings. The van der Waals surface area contributed by atoms with E-state index < -0.39 is 43.1 Å². The number of nitrogens with zero attached hydrogens (tertiary/aromatic N) is 8. The number of piperazine rings is 1. The molecule has 472 valence electrons. The highest BCUT2D eigenvalue weighted by molar-refractivity contribution is 7.90. The van der Waals surface area contributed by atoms with Gasteiger partial charge in [-0.2, -0.15) is 4.98 Å². The van der Waals surface area contributed by atoms with Gasteiger partial charge in [0.05, 0.1) is 71.3 Å². The maximum absolute atomic E-state index is 14.9. The molecule has 4 atom stereocenters. The normalized spacial score (nSPS) is 25.7. The number of amides is 1. The summed E-state index contributed by atoms with van der Waals surface area (Å²) in [6.45, 7) is 15.0. The van der Waals surface area contributed by atoms with Crippen molar-refractivity contribution in [1.82, 2.24) is 29.5 Å². The monoisotopic (exact) mass is 1240 g/mol. The number of para-hydroxylation sites is 1. The molecule has 0 bridgehead atoms. The van der Waals surface area contributed by atoms with Gasteiger partial charge in [-0.05, 0) is 144 Å². The molecule has 0 radical (unpaired) electrons. The quantitative estimate of drug-likeness (QED) is 0.0553. The first-order valence-corrected chi connectivity index (χ1v) is 33.5. The standard InChI is InChI=1S/C66H81N11O11S/c1-42(2)87-58-7-5-4-6-48(58)57-40-74(52-17-31-86-60-49(52)15-23-68-62(60)73-28-32-84-33-29-73)26-27-75(57)46-37-66(38-46)20-24-72(25-21-66)45-8-10-50(54(35-45)76-53-16-30-85-41-59(53)88-64-56(76)34-44-14-22-67-61(44)70-64)63(78)71-89(82,83)47-9-11-51(55(36-47)77(80)81)69-39-43-12-18-65(3,79)19-13-43/h4-11,14-15,22-23,34-36,42-43,46,52-53,57,59,69,79H,12-13,16-21,24-33,37-41H2,1-3H3,(H,67,70)(H,71,78)/t43-,52-,53-,57+,59-,65-/m0/s1. The number of piperidine rings is 1. The largest absolute Gasteiger partial charge is 0.491 e. The topological polar surface area (TPSA) is 243 Å². The number of nitro benzene ring substituents is 1. The van der Waals surface area contributed by atoms with Crippen molar-refractivity contribution in [3.8, 4) is 17.4 Å². The van der Waals surface area contributed by atoms with Gasteiger partial charge in [0, 0.05) is 118 Å². The number of H-pyrrole nitrogens is 1. The molecule has 6 fully saturated rings. The van der Waals surface area contributed by atoms with Crippen LogP contribution in [0.1, 0.15) is 119 Å². The number of aromatic amines is 1. The van der Waals surface area contributed by atoms with Crippen molar-refractivity contribution >= 4 is 61.2 Å². The van der Waals surface area contributed by atoms with Gasteiger partial charge >= 0.3 is 0 Å². The fourth-order valence-electron chi connectivity index (χ4n) is 15.5. The molecule has 9 heterocycles. The number of hydrogen-bond donors (Lipinski definition) is 4.